The third-order valence-electron chi connectivity index (χ3n) is 5.28. The lowest BCUT2D eigenvalue weighted by Gasteiger charge is -2.59. The second-order valence-corrected chi connectivity index (χ2v) is 6.85. The third-order valence-corrected chi connectivity index (χ3v) is 5.28. The minimum Gasteiger partial charge on any atom is -0.458 e. The Morgan fingerprint density at radius 3 is 2.44 bits per heavy atom. The van der Waals surface area contributed by atoms with Gasteiger partial charge in [0.1, 0.15) is 6.10 Å². The topological polar surface area (TPSA) is 46.5 Å². The lowest BCUT2D eigenvalue weighted by Crippen LogP contribution is -2.56. The van der Waals surface area contributed by atoms with Gasteiger partial charge in [-0.3, -0.25) is 0 Å². The molecule has 0 aromatic rings. The molecule has 3 unspecified atom stereocenters. The van der Waals surface area contributed by atoms with Crippen molar-refractivity contribution in [1.82, 2.24) is 0 Å². The molecule has 1 N–H and O–H groups in total. The number of aliphatic hydroxyl groups excluding tert-OH is 1. The maximum Gasteiger partial charge on any atom is 0.336 e. The van der Waals surface area contributed by atoms with Crippen molar-refractivity contribution in [2.24, 2.45) is 23.2 Å². The predicted molar refractivity (Wildman–Crippen MR) is 67.8 cm³/mol. The summed E-state index contributed by atoms with van der Waals surface area (Å²) in [5, 5.41) is 8.95. The van der Waals surface area contributed by atoms with E-state index >= 15 is 0 Å². The fourth-order valence-electron chi connectivity index (χ4n) is 4.90. The Bertz CT molecular complexity index is 373. The first kappa shape index (κ1) is 12.2. The van der Waals surface area contributed by atoms with Gasteiger partial charge in [0.15, 0.2) is 0 Å². The van der Waals surface area contributed by atoms with Gasteiger partial charge >= 0.3 is 5.97 Å². The largest absolute Gasteiger partial charge is 0.458 e. The number of carbonyl (C=O) groups is 1. The molecule has 0 radical (unpaired) electrons. The lowest BCUT2D eigenvalue weighted by molar-refractivity contribution is -0.186. The summed E-state index contributed by atoms with van der Waals surface area (Å²) in [6.07, 6.45) is 6.26. The summed E-state index contributed by atoms with van der Waals surface area (Å²) in [4.78, 5) is 11.8. The Kier molecular flexibility index (Phi) is 2.77. The van der Waals surface area contributed by atoms with Crippen LogP contribution in [0.5, 0.6) is 0 Å². The quantitative estimate of drug-likeness (QED) is 0.617. The van der Waals surface area contributed by atoms with Gasteiger partial charge in [-0.2, -0.15) is 0 Å². The Morgan fingerprint density at radius 1 is 1.33 bits per heavy atom. The smallest absolute Gasteiger partial charge is 0.336 e. The van der Waals surface area contributed by atoms with Gasteiger partial charge in [-0.1, -0.05) is 13.5 Å². The van der Waals surface area contributed by atoms with Gasteiger partial charge < -0.3 is 9.84 Å². The van der Waals surface area contributed by atoms with Crippen LogP contribution < -0.4 is 0 Å². The van der Waals surface area contributed by atoms with E-state index in [9.17, 15) is 4.79 Å². The van der Waals surface area contributed by atoms with E-state index in [4.69, 9.17) is 9.84 Å². The molecule has 4 aliphatic rings. The van der Waals surface area contributed by atoms with E-state index in [0.29, 0.717) is 5.92 Å². The predicted octanol–water partition coefficient (Wildman–Crippen LogP) is 2.29. The first-order valence-corrected chi connectivity index (χ1v) is 7.01. The number of hydrogen-bond donors (Lipinski definition) is 1. The summed E-state index contributed by atoms with van der Waals surface area (Å²) in [5.41, 5.74) is 0.340. The number of hydrogen-bond acceptors (Lipinski definition) is 3. The van der Waals surface area contributed by atoms with E-state index in [1.165, 1.54) is 32.1 Å². The highest BCUT2D eigenvalue weighted by molar-refractivity contribution is 5.88. The van der Waals surface area contributed by atoms with Crippen LogP contribution >= 0.6 is 0 Å². The van der Waals surface area contributed by atoms with Crippen molar-refractivity contribution in [1.29, 1.82) is 0 Å². The molecular formula is C15H22O3. The minimum absolute atomic E-state index is 0.0427. The summed E-state index contributed by atoms with van der Waals surface area (Å²) in [7, 11) is 0. The number of rotatable bonds is 3. The van der Waals surface area contributed by atoms with E-state index in [1.807, 2.05) is 0 Å². The molecule has 0 aromatic carbocycles. The van der Waals surface area contributed by atoms with Crippen molar-refractivity contribution < 1.29 is 14.6 Å². The summed E-state index contributed by atoms with van der Waals surface area (Å²) >= 11 is 0. The maximum absolute atomic E-state index is 11.8. The van der Waals surface area contributed by atoms with Gasteiger partial charge in [0, 0.05) is 5.41 Å². The lowest BCUT2D eigenvalue weighted by atomic mass is 9.49. The number of aliphatic hydroxyl groups is 1. The molecule has 100 valence electrons. The van der Waals surface area contributed by atoms with E-state index in [2.05, 4.69) is 13.5 Å². The van der Waals surface area contributed by atoms with Crippen molar-refractivity contribution in [3.63, 3.8) is 0 Å². The summed E-state index contributed by atoms with van der Waals surface area (Å²) in [6.45, 7) is 5.52. The molecule has 0 spiro atoms. The van der Waals surface area contributed by atoms with Crippen LogP contribution in [0.4, 0.5) is 0 Å². The van der Waals surface area contributed by atoms with Gasteiger partial charge in [0.2, 0.25) is 0 Å². The van der Waals surface area contributed by atoms with E-state index in [0.717, 1.165) is 11.8 Å². The maximum atomic E-state index is 11.8. The molecule has 4 bridgehead atoms. The van der Waals surface area contributed by atoms with Crippen LogP contribution in [0.25, 0.3) is 0 Å². The molecule has 3 heteroatoms. The van der Waals surface area contributed by atoms with Crippen LogP contribution in [0.15, 0.2) is 12.2 Å². The standard InChI is InChI=1S/C15H22O3/c1-9(8-16)14(17)18-13-12-4-10-3-11(5-12)7-15(13,2)6-10/h10-13,16H,1,3-8H2,2H3. The molecule has 4 aliphatic carbocycles. The molecule has 3 nitrogen and oxygen atoms in total. The molecule has 4 saturated carbocycles. The first-order chi connectivity index (χ1) is 8.51. The van der Waals surface area contributed by atoms with Crippen molar-refractivity contribution >= 4 is 5.97 Å². The van der Waals surface area contributed by atoms with Crippen LogP contribution in [0.1, 0.15) is 39.0 Å². The normalized spacial score (nSPS) is 45.0. The highest BCUT2D eigenvalue weighted by Gasteiger charge is 2.56. The Morgan fingerprint density at radius 2 is 1.94 bits per heavy atom. The molecular weight excluding hydrogens is 228 g/mol. The molecule has 0 aliphatic heterocycles. The summed E-state index contributed by atoms with van der Waals surface area (Å²) in [5.74, 6) is 1.83. The molecule has 0 heterocycles. The van der Waals surface area contributed by atoms with Crippen molar-refractivity contribution in [3.8, 4) is 0 Å². The molecule has 3 atom stereocenters. The van der Waals surface area contributed by atoms with Gasteiger partial charge in [-0.05, 0) is 49.9 Å². The molecule has 0 saturated heterocycles. The van der Waals surface area contributed by atoms with Crippen molar-refractivity contribution in [2.45, 2.75) is 45.1 Å². The van der Waals surface area contributed by atoms with Crippen LogP contribution in [0.2, 0.25) is 0 Å². The van der Waals surface area contributed by atoms with E-state index < -0.39 is 5.97 Å². The Balaban J connectivity index is 1.76. The second-order valence-electron chi connectivity index (χ2n) is 6.85. The van der Waals surface area contributed by atoms with Gasteiger partial charge in [0.25, 0.3) is 0 Å². The summed E-state index contributed by atoms with van der Waals surface area (Å²) < 4.78 is 5.68. The Hall–Kier alpha value is -0.830. The van der Waals surface area contributed by atoms with E-state index in [1.54, 1.807) is 0 Å². The highest BCUT2D eigenvalue weighted by Crippen LogP contribution is 2.60. The highest BCUT2D eigenvalue weighted by atomic mass is 16.5. The third kappa shape index (κ3) is 1.80. The number of carbonyl (C=O) groups excluding carboxylic acids is 1. The zero-order valence-electron chi connectivity index (χ0n) is 11.0. The van der Waals surface area contributed by atoms with Gasteiger partial charge in [0.05, 0.1) is 12.2 Å². The Labute approximate surface area is 108 Å². The van der Waals surface area contributed by atoms with Crippen LogP contribution in [-0.2, 0) is 9.53 Å². The van der Waals surface area contributed by atoms with E-state index in [-0.39, 0.29) is 23.7 Å². The minimum atomic E-state index is -0.406. The van der Waals surface area contributed by atoms with Crippen LogP contribution in [0.3, 0.4) is 0 Å². The zero-order chi connectivity index (χ0) is 12.9. The van der Waals surface area contributed by atoms with Gasteiger partial charge in [-0.15, -0.1) is 0 Å². The summed E-state index contributed by atoms with van der Waals surface area (Å²) in [6, 6.07) is 0. The number of esters is 1. The molecule has 4 rings (SSSR count). The average molecular weight is 250 g/mol. The monoisotopic (exact) mass is 250 g/mol. The fraction of sp³-hybridized carbons (Fsp3) is 0.800. The SMILES string of the molecule is C=C(CO)C(=O)OC1C2CC3CC(C2)CC1(C)C3. The van der Waals surface area contributed by atoms with Crippen LogP contribution in [-0.4, -0.2) is 23.8 Å². The molecule has 4 fully saturated rings. The first-order valence-electron chi connectivity index (χ1n) is 7.01. The van der Waals surface area contributed by atoms with Crippen LogP contribution in [0, 0.1) is 23.2 Å². The van der Waals surface area contributed by atoms with Crippen molar-refractivity contribution in [3.05, 3.63) is 12.2 Å². The fourth-order valence-corrected chi connectivity index (χ4v) is 4.90. The van der Waals surface area contributed by atoms with Gasteiger partial charge in [-0.25, -0.2) is 4.79 Å². The zero-order valence-corrected chi connectivity index (χ0v) is 11.0. The molecule has 0 aromatic heterocycles. The molecule has 0 amide bonds. The van der Waals surface area contributed by atoms with Crippen molar-refractivity contribution in [2.75, 3.05) is 6.61 Å². The average Bonchev–Trinajstić information content (AvgIpc) is 2.31. The second kappa shape index (κ2) is 4.09. The molecule has 18 heavy (non-hydrogen) atoms. The number of ether oxygens (including phenoxy) is 1.